The number of ether oxygens (including phenoxy) is 1. The summed E-state index contributed by atoms with van der Waals surface area (Å²) in [6.07, 6.45) is 1.46. The zero-order chi connectivity index (χ0) is 12.9. The van der Waals surface area contributed by atoms with Crippen molar-refractivity contribution in [2.24, 2.45) is 5.73 Å². The van der Waals surface area contributed by atoms with E-state index in [0.29, 0.717) is 24.5 Å². The molecule has 1 heterocycles. The van der Waals surface area contributed by atoms with Gasteiger partial charge in [0.15, 0.2) is 0 Å². The van der Waals surface area contributed by atoms with Gasteiger partial charge in [-0.05, 0) is 32.9 Å². The predicted octanol–water partition coefficient (Wildman–Crippen LogP) is 1.41. The van der Waals surface area contributed by atoms with Crippen LogP contribution in [0.3, 0.4) is 0 Å². The number of hydrogen-bond acceptors (Lipinski definition) is 4. The van der Waals surface area contributed by atoms with Crippen LogP contribution in [0, 0.1) is 0 Å². The summed E-state index contributed by atoms with van der Waals surface area (Å²) in [6, 6.07) is 3.37. The average molecular weight is 237 g/mol. The summed E-state index contributed by atoms with van der Waals surface area (Å²) in [7, 11) is 0. The second-order valence-corrected chi connectivity index (χ2v) is 4.34. The van der Waals surface area contributed by atoms with Gasteiger partial charge >= 0.3 is 0 Å². The van der Waals surface area contributed by atoms with Crippen LogP contribution in [0.1, 0.15) is 31.1 Å². The summed E-state index contributed by atoms with van der Waals surface area (Å²) in [5, 5.41) is 3.15. The molecule has 3 N–H and O–H groups in total. The molecule has 0 saturated heterocycles. The summed E-state index contributed by atoms with van der Waals surface area (Å²) >= 11 is 0. The van der Waals surface area contributed by atoms with Gasteiger partial charge in [-0.3, -0.25) is 4.79 Å². The van der Waals surface area contributed by atoms with E-state index in [0.717, 1.165) is 0 Å². The van der Waals surface area contributed by atoms with Crippen LogP contribution >= 0.6 is 0 Å². The van der Waals surface area contributed by atoms with Gasteiger partial charge in [-0.25, -0.2) is 4.98 Å². The first-order chi connectivity index (χ1) is 7.94. The van der Waals surface area contributed by atoms with Crippen molar-refractivity contribution in [3.8, 4) is 0 Å². The lowest BCUT2D eigenvalue weighted by Gasteiger charge is -2.25. The van der Waals surface area contributed by atoms with Gasteiger partial charge < -0.3 is 15.8 Å². The third-order valence-electron chi connectivity index (χ3n) is 2.28. The summed E-state index contributed by atoms with van der Waals surface area (Å²) in [5.41, 5.74) is 5.28. The molecule has 0 radical (unpaired) electrons. The highest BCUT2D eigenvalue weighted by atomic mass is 16.5. The molecule has 0 bridgehead atoms. The minimum absolute atomic E-state index is 0.251. The maximum Gasteiger partial charge on any atom is 0.250 e. The Morgan fingerprint density at radius 3 is 2.71 bits per heavy atom. The van der Waals surface area contributed by atoms with Crippen LogP contribution in [0.5, 0.6) is 0 Å². The molecule has 1 aromatic heterocycles. The lowest BCUT2D eigenvalue weighted by Crippen LogP contribution is -2.33. The minimum Gasteiger partial charge on any atom is -0.374 e. The van der Waals surface area contributed by atoms with Gasteiger partial charge in [0.2, 0.25) is 5.91 Å². The maximum atomic E-state index is 10.9. The molecule has 0 spiro atoms. The van der Waals surface area contributed by atoms with Gasteiger partial charge in [0.1, 0.15) is 5.82 Å². The Morgan fingerprint density at radius 1 is 1.53 bits per heavy atom. The number of hydrogen-bond donors (Lipinski definition) is 2. The van der Waals surface area contributed by atoms with Crippen LogP contribution < -0.4 is 11.1 Å². The molecular formula is C12H19N3O2. The van der Waals surface area contributed by atoms with Gasteiger partial charge in [-0.15, -0.1) is 0 Å². The second kappa shape index (κ2) is 5.63. The van der Waals surface area contributed by atoms with Crippen LogP contribution in [0.4, 0.5) is 5.82 Å². The summed E-state index contributed by atoms with van der Waals surface area (Å²) < 4.78 is 5.55. The first-order valence-corrected chi connectivity index (χ1v) is 5.58. The number of anilines is 1. The van der Waals surface area contributed by atoms with E-state index in [4.69, 9.17) is 10.5 Å². The molecule has 0 atom stereocenters. The number of nitrogens with zero attached hydrogens (tertiary/aromatic N) is 1. The average Bonchev–Trinajstić information content (AvgIpc) is 2.27. The van der Waals surface area contributed by atoms with E-state index in [1.54, 1.807) is 12.1 Å². The van der Waals surface area contributed by atoms with Crippen LogP contribution in [-0.4, -0.2) is 29.6 Å². The minimum atomic E-state index is -0.473. The molecule has 0 aliphatic rings. The number of aromatic nitrogens is 1. The largest absolute Gasteiger partial charge is 0.374 e. The predicted molar refractivity (Wildman–Crippen MR) is 66.9 cm³/mol. The van der Waals surface area contributed by atoms with Crippen LogP contribution in [0.2, 0.25) is 0 Å². The van der Waals surface area contributed by atoms with E-state index >= 15 is 0 Å². The highest BCUT2D eigenvalue weighted by Gasteiger charge is 2.17. The Kier molecular flexibility index (Phi) is 4.45. The Balaban J connectivity index is 2.55. The molecule has 0 saturated carbocycles. The van der Waals surface area contributed by atoms with Gasteiger partial charge in [0, 0.05) is 19.3 Å². The van der Waals surface area contributed by atoms with Crippen molar-refractivity contribution in [2.75, 3.05) is 18.5 Å². The van der Waals surface area contributed by atoms with E-state index < -0.39 is 5.91 Å². The number of carbonyl (C=O) groups excluding carboxylic acids is 1. The number of nitrogens with two attached hydrogens (primary N) is 1. The van der Waals surface area contributed by atoms with Crippen molar-refractivity contribution < 1.29 is 9.53 Å². The second-order valence-electron chi connectivity index (χ2n) is 4.34. The molecule has 1 amide bonds. The number of pyridine rings is 1. The molecule has 0 unspecified atom stereocenters. The molecule has 0 fully saturated rings. The van der Waals surface area contributed by atoms with Crippen molar-refractivity contribution >= 4 is 11.7 Å². The van der Waals surface area contributed by atoms with Crippen molar-refractivity contribution in [2.45, 2.75) is 26.4 Å². The summed E-state index contributed by atoms with van der Waals surface area (Å²) in [5.74, 6) is 0.224. The SMILES string of the molecule is CCOC(C)(C)CNc1ccc(C(N)=O)cn1. The smallest absolute Gasteiger partial charge is 0.250 e. The zero-order valence-electron chi connectivity index (χ0n) is 10.5. The van der Waals surface area contributed by atoms with Crippen molar-refractivity contribution in [1.82, 2.24) is 4.98 Å². The Hall–Kier alpha value is -1.62. The van der Waals surface area contributed by atoms with Gasteiger partial charge in [0.25, 0.3) is 0 Å². The first kappa shape index (κ1) is 13.4. The summed E-state index contributed by atoms with van der Waals surface area (Å²) in [4.78, 5) is 15.0. The molecule has 0 aromatic carbocycles. The molecule has 5 nitrogen and oxygen atoms in total. The van der Waals surface area contributed by atoms with Gasteiger partial charge in [-0.1, -0.05) is 0 Å². The normalized spacial score (nSPS) is 11.2. The number of amides is 1. The Labute approximate surface area is 101 Å². The van der Waals surface area contributed by atoms with E-state index in [2.05, 4.69) is 10.3 Å². The molecule has 5 heteroatoms. The maximum absolute atomic E-state index is 10.9. The zero-order valence-corrected chi connectivity index (χ0v) is 10.5. The summed E-state index contributed by atoms with van der Waals surface area (Å²) in [6.45, 7) is 7.27. The van der Waals surface area contributed by atoms with Crippen molar-refractivity contribution in [3.05, 3.63) is 23.9 Å². The van der Waals surface area contributed by atoms with Crippen LogP contribution in [-0.2, 0) is 4.74 Å². The third kappa shape index (κ3) is 4.40. The molecule has 1 rings (SSSR count). The Morgan fingerprint density at radius 2 is 2.24 bits per heavy atom. The van der Waals surface area contributed by atoms with Crippen molar-refractivity contribution in [1.29, 1.82) is 0 Å². The number of nitrogens with one attached hydrogen (secondary N) is 1. The van der Waals surface area contributed by atoms with Crippen LogP contribution in [0.15, 0.2) is 18.3 Å². The van der Waals surface area contributed by atoms with Gasteiger partial charge in [0.05, 0.1) is 11.2 Å². The fourth-order valence-corrected chi connectivity index (χ4v) is 1.39. The standard InChI is InChI=1S/C12H19N3O2/c1-4-17-12(2,3)8-15-10-6-5-9(7-14-10)11(13)16/h5-7H,4,8H2,1-3H3,(H2,13,16)(H,14,15). The topological polar surface area (TPSA) is 77.2 Å². The molecule has 17 heavy (non-hydrogen) atoms. The lowest BCUT2D eigenvalue weighted by molar-refractivity contribution is 0.000638. The fourth-order valence-electron chi connectivity index (χ4n) is 1.39. The number of rotatable bonds is 6. The van der Waals surface area contributed by atoms with E-state index in [1.807, 2.05) is 20.8 Å². The number of primary amides is 1. The molecule has 1 aromatic rings. The highest BCUT2D eigenvalue weighted by molar-refractivity contribution is 5.92. The van der Waals surface area contributed by atoms with E-state index in [-0.39, 0.29) is 5.60 Å². The highest BCUT2D eigenvalue weighted by Crippen LogP contribution is 2.11. The van der Waals surface area contributed by atoms with Crippen LogP contribution in [0.25, 0.3) is 0 Å². The molecule has 0 aliphatic heterocycles. The lowest BCUT2D eigenvalue weighted by atomic mass is 10.1. The van der Waals surface area contributed by atoms with Gasteiger partial charge in [-0.2, -0.15) is 0 Å². The first-order valence-electron chi connectivity index (χ1n) is 5.58. The monoisotopic (exact) mass is 237 g/mol. The van der Waals surface area contributed by atoms with Crippen molar-refractivity contribution in [3.63, 3.8) is 0 Å². The van der Waals surface area contributed by atoms with E-state index in [9.17, 15) is 4.79 Å². The molecular weight excluding hydrogens is 218 g/mol. The quantitative estimate of drug-likeness (QED) is 0.784. The third-order valence-corrected chi connectivity index (χ3v) is 2.28. The van der Waals surface area contributed by atoms with E-state index in [1.165, 1.54) is 6.20 Å². The Bertz CT molecular complexity index is 374. The molecule has 0 aliphatic carbocycles. The number of carbonyl (C=O) groups is 1. The molecule has 94 valence electrons. The fraction of sp³-hybridized carbons (Fsp3) is 0.500.